The molecule has 0 aliphatic rings. The van der Waals surface area contributed by atoms with Crippen LogP contribution in [0.4, 0.5) is 0 Å². The summed E-state index contributed by atoms with van der Waals surface area (Å²) in [5.41, 5.74) is 1.33. The molecule has 3 N–H and O–H groups in total. The molecule has 1 aromatic rings. The van der Waals surface area contributed by atoms with Crippen molar-refractivity contribution in [2.45, 2.75) is 19.3 Å². The molecule has 0 fully saturated rings. The fraction of sp³-hybridized carbons (Fsp3) is 0.462. The maximum absolute atomic E-state index is 7.00. The molecule has 100 valence electrons. The van der Waals surface area contributed by atoms with E-state index in [1.807, 2.05) is 18.2 Å². The maximum atomic E-state index is 7.00. The molecule has 0 saturated heterocycles. The molecular formula is C13H25O3Zr-. The Balaban J connectivity index is -0.000000106. The first kappa shape index (κ1) is 25.7. The van der Waals surface area contributed by atoms with Gasteiger partial charge in [0.1, 0.15) is 0 Å². The first-order valence-electron chi connectivity index (χ1n) is 4.86. The molecule has 0 aliphatic carbocycles. The van der Waals surface area contributed by atoms with Gasteiger partial charge in [0.15, 0.2) is 0 Å². The number of hydrogen-bond donors (Lipinski definition) is 3. The van der Waals surface area contributed by atoms with Crippen molar-refractivity contribution in [3.63, 3.8) is 0 Å². The Morgan fingerprint density at radius 2 is 1.12 bits per heavy atom. The number of benzene rings is 1. The van der Waals surface area contributed by atoms with Crippen molar-refractivity contribution in [1.29, 1.82) is 0 Å². The van der Waals surface area contributed by atoms with Crippen LogP contribution in [0, 0.1) is 6.92 Å². The van der Waals surface area contributed by atoms with Gasteiger partial charge in [-0.2, -0.15) is 0 Å². The zero-order valence-corrected chi connectivity index (χ0v) is 13.9. The van der Waals surface area contributed by atoms with Crippen molar-refractivity contribution < 1.29 is 41.5 Å². The van der Waals surface area contributed by atoms with Crippen molar-refractivity contribution >= 4 is 0 Å². The van der Waals surface area contributed by atoms with Gasteiger partial charge in [-0.15, -0.1) is 5.41 Å². The number of aliphatic hydroxyl groups is 3. The minimum absolute atomic E-state index is 0. The monoisotopic (exact) mass is 319 g/mol. The molecule has 3 nitrogen and oxygen atoms in total. The van der Waals surface area contributed by atoms with Gasteiger partial charge in [-0.05, 0) is 0 Å². The Labute approximate surface area is 125 Å². The van der Waals surface area contributed by atoms with Crippen molar-refractivity contribution in [3.05, 3.63) is 42.8 Å². The van der Waals surface area contributed by atoms with E-state index in [-0.39, 0.29) is 31.6 Å². The third-order valence-electron chi connectivity index (χ3n) is 1.56. The average Bonchev–Trinajstić information content (AvgIpc) is 2.37. The van der Waals surface area contributed by atoms with E-state index >= 15 is 0 Å². The smallest absolute Gasteiger partial charge is 0.0319 e. The predicted octanol–water partition coefficient (Wildman–Crippen LogP) is 1.62. The fourth-order valence-electron chi connectivity index (χ4n) is 0.889. The third-order valence-corrected chi connectivity index (χ3v) is 1.56. The van der Waals surface area contributed by atoms with Crippen LogP contribution in [0.25, 0.3) is 0 Å². The van der Waals surface area contributed by atoms with Crippen molar-refractivity contribution in [2.75, 3.05) is 21.3 Å². The predicted molar refractivity (Wildman–Crippen MR) is 69.3 cm³/mol. The zero-order chi connectivity index (χ0) is 13.6. The maximum Gasteiger partial charge on any atom is 0.0319 e. The first-order chi connectivity index (χ1) is 7.61. The average molecular weight is 321 g/mol. The van der Waals surface area contributed by atoms with Crippen LogP contribution in [0.3, 0.4) is 0 Å². The molecule has 0 bridgehead atoms. The van der Waals surface area contributed by atoms with Crippen LogP contribution in [0.15, 0.2) is 30.3 Å². The van der Waals surface area contributed by atoms with E-state index in [1.165, 1.54) is 5.56 Å². The van der Waals surface area contributed by atoms with Crippen molar-refractivity contribution in [2.24, 2.45) is 0 Å². The van der Waals surface area contributed by atoms with E-state index in [0.717, 1.165) is 21.3 Å². The summed E-state index contributed by atoms with van der Waals surface area (Å²) in [7, 11) is 3.00. The van der Waals surface area contributed by atoms with E-state index in [1.54, 1.807) is 0 Å². The molecular weight excluding hydrogens is 295 g/mol. The Morgan fingerprint density at radius 3 is 1.29 bits per heavy atom. The number of aliphatic hydroxyl groups excluding tert-OH is 3. The molecule has 17 heavy (non-hydrogen) atoms. The summed E-state index contributed by atoms with van der Waals surface area (Å²) >= 11 is 0. The van der Waals surface area contributed by atoms with E-state index in [2.05, 4.69) is 32.9 Å². The molecule has 0 saturated carbocycles. The van der Waals surface area contributed by atoms with Gasteiger partial charge in [-0.25, -0.2) is 0 Å². The van der Waals surface area contributed by atoms with Gasteiger partial charge in [-0.3, -0.25) is 0 Å². The van der Waals surface area contributed by atoms with Crippen LogP contribution in [0.2, 0.25) is 0 Å². The summed E-state index contributed by atoms with van der Waals surface area (Å²) in [6.07, 6.45) is 0. The quantitative estimate of drug-likeness (QED) is 0.689. The second-order valence-electron chi connectivity index (χ2n) is 3.25. The molecule has 0 heterocycles. The van der Waals surface area contributed by atoms with Crippen molar-refractivity contribution in [3.8, 4) is 0 Å². The molecule has 1 rings (SSSR count). The van der Waals surface area contributed by atoms with Gasteiger partial charge in [0.05, 0.1) is 0 Å². The van der Waals surface area contributed by atoms with Gasteiger partial charge in [0.25, 0.3) is 0 Å². The van der Waals surface area contributed by atoms with Gasteiger partial charge < -0.3 is 22.2 Å². The van der Waals surface area contributed by atoms with Gasteiger partial charge in [-0.1, -0.05) is 49.7 Å². The first-order valence-corrected chi connectivity index (χ1v) is 4.86. The molecule has 0 atom stereocenters. The minimum atomic E-state index is 0. The molecule has 0 radical (unpaired) electrons. The standard InChI is InChI=1S/C10H13.3CH4O.Zr/c1-10(2,3)9-7-5-4-6-8-9;3*1-2;/h4-8H,1H2,2-3H3;3*2H,1H3;/q-1;;;;. The molecule has 0 aromatic heterocycles. The second-order valence-corrected chi connectivity index (χ2v) is 3.25. The Morgan fingerprint density at radius 1 is 0.824 bits per heavy atom. The van der Waals surface area contributed by atoms with Gasteiger partial charge in [0, 0.05) is 47.5 Å². The molecule has 4 heteroatoms. The van der Waals surface area contributed by atoms with Crippen LogP contribution < -0.4 is 0 Å². The van der Waals surface area contributed by atoms with Gasteiger partial charge >= 0.3 is 0 Å². The topological polar surface area (TPSA) is 60.7 Å². The van der Waals surface area contributed by atoms with Crippen LogP contribution in [-0.2, 0) is 31.6 Å². The summed E-state index contributed by atoms with van der Waals surface area (Å²) in [4.78, 5) is 0. The second kappa shape index (κ2) is 18.4. The van der Waals surface area contributed by atoms with E-state index in [0.29, 0.717) is 0 Å². The Hall–Kier alpha value is -0.0169. The van der Waals surface area contributed by atoms with Crippen LogP contribution in [0.5, 0.6) is 0 Å². The van der Waals surface area contributed by atoms with Gasteiger partial charge in [0.2, 0.25) is 0 Å². The van der Waals surface area contributed by atoms with E-state index in [4.69, 9.17) is 15.3 Å². The summed E-state index contributed by atoms with van der Waals surface area (Å²) in [5.74, 6) is 0. The molecule has 0 aliphatic heterocycles. The van der Waals surface area contributed by atoms with Crippen LogP contribution in [-0.4, -0.2) is 36.6 Å². The third kappa shape index (κ3) is 16.0. The minimum Gasteiger partial charge on any atom is -0.400 e. The summed E-state index contributed by atoms with van der Waals surface area (Å²) < 4.78 is 0. The largest absolute Gasteiger partial charge is 0.400 e. The zero-order valence-electron chi connectivity index (χ0n) is 11.4. The summed E-state index contributed by atoms with van der Waals surface area (Å²) in [6.45, 7) is 8.27. The molecule has 1 aromatic carbocycles. The Bertz CT molecular complexity index is 208. The van der Waals surface area contributed by atoms with E-state index in [9.17, 15) is 0 Å². The summed E-state index contributed by atoms with van der Waals surface area (Å²) in [5, 5.41) is 21.0. The normalized spacial score (nSPS) is 7.82. The van der Waals surface area contributed by atoms with Crippen molar-refractivity contribution in [1.82, 2.24) is 0 Å². The molecule has 0 spiro atoms. The molecule has 0 unspecified atom stereocenters. The molecule has 0 amide bonds. The SMILES string of the molecule is CO.CO.CO.[CH2-]C(C)(C)c1ccccc1.[Zr]. The van der Waals surface area contributed by atoms with Crippen LogP contribution >= 0.6 is 0 Å². The Kier molecular flexibility index (Phi) is 27.8. The number of rotatable bonds is 1. The van der Waals surface area contributed by atoms with Crippen LogP contribution in [0.1, 0.15) is 19.4 Å². The fourth-order valence-corrected chi connectivity index (χ4v) is 0.889. The van der Waals surface area contributed by atoms with E-state index < -0.39 is 0 Å². The summed E-state index contributed by atoms with van der Waals surface area (Å²) in [6, 6.07) is 10.3. The number of hydrogen-bond acceptors (Lipinski definition) is 3.